The molecule has 2 rings (SSSR count). The number of hydrogen-bond acceptors (Lipinski definition) is 5. The van der Waals surface area contributed by atoms with E-state index in [1.54, 1.807) is 13.1 Å². The van der Waals surface area contributed by atoms with Crippen molar-refractivity contribution in [3.8, 4) is 0 Å². The van der Waals surface area contributed by atoms with E-state index >= 15 is 0 Å². The van der Waals surface area contributed by atoms with Gasteiger partial charge >= 0.3 is 0 Å². The standard InChI is InChI=1S/C13H20N4O2/c1-9-4-5-16(8-10(9)2)13-7-11(17(18)19)6-12(14-3)15-13/h6-7,9-10H,4-5,8H2,1-3H3,(H,14,15). The molecule has 1 fully saturated rings. The van der Waals surface area contributed by atoms with Gasteiger partial charge in [-0.2, -0.15) is 0 Å². The van der Waals surface area contributed by atoms with E-state index in [1.165, 1.54) is 6.07 Å². The highest BCUT2D eigenvalue weighted by atomic mass is 16.6. The summed E-state index contributed by atoms with van der Waals surface area (Å²) in [5, 5.41) is 13.8. The van der Waals surface area contributed by atoms with Gasteiger partial charge in [0, 0.05) is 20.1 Å². The molecule has 0 bridgehead atoms. The van der Waals surface area contributed by atoms with E-state index in [1.807, 2.05) is 0 Å². The van der Waals surface area contributed by atoms with Crippen LogP contribution >= 0.6 is 0 Å². The average molecular weight is 264 g/mol. The Bertz CT molecular complexity index is 478. The zero-order valence-electron chi connectivity index (χ0n) is 11.6. The highest BCUT2D eigenvalue weighted by Gasteiger charge is 2.25. The predicted octanol–water partition coefficient (Wildman–Crippen LogP) is 2.51. The van der Waals surface area contributed by atoms with Gasteiger partial charge in [0.2, 0.25) is 0 Å². The molecule has 1 aromatic rings. The molecule has 6 heteroatoms. The van der Waals surface area contributed by atoms with Crippen LogP contribution in [0.25, 0.3) is 0 Å². The van der Waals surface area contributed by atoms with E-state index in [9.17, 15) is 10.1 Å². The van der Waals surface area contributed by atoms with Gasteiger partial charge in [-0.1, -0.05) is 13.8 Å². The van der Waals surface area contributed by atoms with Crippen LogP contribution in [0, 0.1) is 22.0 Å². The van der Waals surface area contributed by atoms with Crippen LogP contribution in [-0.4, -0.2) is 30.0 Å². The van der Waals surface area contributed by atoms with Gasteiger partial charge in [0.25, 0.3) is 5.69 Å². The molecule has 1 saturated heterocycles. The fraction of sp³-hybridized carbons (Fsp3) is 0.615. The molecule has 1 N–H and O–H groups in total. The molecular formula is C13H20N4O2. The molecule has 1 aliphatic rings. The number of nitro groups is 1. The van der Waals surface area contributed by atoms with E-state index < -0.39 is 0 Å². The summed E-state index contributed by atoms with van der Waals surface area (Å²) in [4.78, 5) is 17.1. The molecule has 1 aliphatic heterocycles. The molecule has 2 unspecified atom stereocenters. The Morgan fingerprint density at radius 2 is 2.16 bits per heavy atom. The van der Waals surface area contributed by atoms with Gasteiger partial charge in [-0.15, -0.1) is 0 Å². The van der Waals surface area contributed by atoms with Gasteiger partial charge in [0.15, 0.2) is 0 Å². The third-order valence-corrected chi connectivity index (χ3v) is 3.92. The second-order valence-electron chi connectivity index (χ2n) is 5.27. The third-order valence-electron chi connectivity index (χ3n) is 3.92. The maximum Gasteiger partial charge on any atom is 0.276 e. The van der Waals surface area contributed by atoms with Crippen LogP contribution in [0.1, 0.15) is 20.3 Å². The predicted molar refractivity (Wildman–Crippen MR) is 75.6 cm³/mol. The van der Waals surface area contributed by atoms with Crippen molar-refractivity contribution >= 4 is 17.3 Å². The lowest BCUT2D eigenvalue weighted by Gasteiger charge is -2.36. The van der Waals surface area contributed by atoms with E-state index in [0.717, 1.165) is 19.5 Å². The highest BCUT2D eigenvalue weighted by molar-refractivity contribution is 5.55. The fourth-order valence-electron chi connectivity index (χ4n) is 2.37. The molecule has 2 atom stereocenters. The molecule has 0 spiro atoms. The summed E-state index contributed by atoms with van der Waals surface area (Å²) in [6.45, 7) is 6.27. The minimum Gasteiger partial charge on any atom is -0.373 e. The molecular weight excluding hydrogens is 244 g/mol. The first-order chi connectivity index (χ1) is 9.01. The average Bonchev–Trinajstić information content (AvgIpc) is 2.41. The van der Waals surface area contributed by atoms with E-state index in [4.69, 9.17) is 0 Å². The second-order valence-corrected chi connectivity index (χ2v) is 5.27. The van der Waals surface area contributed by atoms with Gasteiger partial charge in [0.1, 0.15) is 11.6 Å². The van der Waals surface area contributed by atoms with Crippen LogP contribution < -0.4 is 10.2 Å². The van der Waals surface area contributed by atoms with Crippen molar-refractivity contribution in [2.45, 2.75) is 20.3 Å². The zero-order chi connectivity index (χ0) is 14.0. The summed E-state index contributed by atoms with van der Waals surface area (Å²) in [7, 11) is 1.72. The van der Waals surface area contributed by atoms with Crippen molar-refractivity contribution in [3.63, 3.8) is 0 Å². The quantitative estimate of drug-likeness (QED) is 0.671. The highest BCUT2D eigenvalue weighted by Crippen LogP contribution is 2.29. The van der Waals surface area contributed by atoms with Crippen molar-refractivity contribution in [1.29, 1.82) is 0 Å². The maximum absolute atomic E-state index is 11.0. The number of pyridine rings is 1. The summed E-state index contributed by atoms with van der Waals surface area (Å²) < 4.78 is 0. The Morgan fingerprint density at radius 1 is 1.42 bits per heavy atom. The third kappa shape index (κ3) is 2.94. The first-order valence-corrected chi connectivity index (χ1v) is 6.60. The number of nitrogens with one attached hydrogen (secondary N) is 1. The monoisotopic (exact) mass is 264 g/mol. The van der Waals surface area contributed by atoms with Crippen LogP contribution in [0.2, 0.25) is 0 Å². The van der Waals surface area contributed by atoms with Gasteiger partial charge in [-0.3, -0.25) is 10.1 Å². The zero-order valence-corrected chi connectivity index (χ0v) is 11.6. The minimum atomic E-state index is -0.373. The summed E-state index contributed by atoms with van der Waals surface area (Å²) in [5.74, 6) is 2.50. The molecule has 0 aliphatic carbocycles. The first kappa shape index (κ1) is 13.6. The molecule has 0 amide bonds. The Kier molecular flexibility index (Phi) is 3.87. The number of rotatable bonds is 3. The van der Waals surface area contributed by atoms with E-state index in [2.05, 4.69) is 29.0 Å². The molecule has 1 aromatic heterocycles. The Hall–Kier alpha value is -1.85. The number of nitrogens with zero attached hydrogens (tertiary/aromatic N) is 3. The smallest absolute Gasteiger partial charge is 0.276 e. The van der Waals surface area contributed by atoms with Crippen LogP contribution in [0.4, 0.5) is 17.3 Å². The van der Waals surface area contributed by atoms with Gasteiger partial charge in [-0.05, 0) is 18.3 Å². The van der Waals surface area contributed by atoms with Gasteiger partial charge < -0.3 is 10.2 Å². The Balaban J connectivity index is 2.28. The topological polar surface area (TPSA) is 71.3 Å². The summed E-state index contributed by atoms with van der Waals surface area (Å²) in [6, 6.07) is 3.02. The van der Waals surface area contributed by atoms with E-state index in [0.29, 0.717) is 23.5 Å². The second kappa shape index (κ2) is 5.42. The largest absolute Gasteiger partial charge is 0.373 e. The summed E-state index contributed by atoms with van der Waals surface area (Å²) in [6.07, 6.45) is 1.10. The van der Waals surface area contributed by atoms with Crippen molar-refractivity contribution in [2.24, 2.45) is 11.8 Å². The van der Waals surface area contributed by atoms with Crippen LogP contribution in [0.5, 0.6) is 0 Å². The first-order valence-electron chi connectivity index (χ1n) is 6.60. The minimum absolute atomic E-state index is 0.0839. The van der Waals surface area contributed by atoms with Crippen molar-refractivity contribution in [1.82, 2.24) is 4.98 Å². The number of piperidine rings is 1. The molecule has 2 heterocycles. The number of aromatic nitrogens is 1. The lowest BCUT2D eigenvalue weighted by molar-refractivity contribution is -0.384. The number of hydrogen-bond donors (Lipinski definition) is 1. The Morgan fingerprint density at radius 3 is 2.74 bits per heavy atom. The molecule has 19 heavy (non-hydrogen) atoms. The summed E-state index contributed by atoms with van der Waals surface area (Å²) >= 11 is 0. The number of anilines is 2. The molecule has 0 saturated carbocycles. The SMILES string of the molecule is CNc1cc([N+](=O)[O-])cc(N2CCC(C)C(C)C2)n1. The normalized spacial score (nSPS) is 23.2. The maximum atomic E-state index is 11.0. The fourth-order valence-corrected chi connectivity index (χ4v) is 2.37. The van der Waals surface area contributed by atoms with Crippen molar-refractivity contribution in [3.05, 3.63) is 22.2 Å². The van der Waals surface area contributed by atoms with E-state index in [-0.39, 0.29) is 10.6 Å². The van der Waals surface area contributed by atoms with Gasteiger partial charge in [0.05, 0.1) is 17.1 Å². The Labute approximate surface area is 113 Å². The molecule has 0 aromatic carbocycles. The van der Waals surface area contributed by atoms with Gasteiger partial charge in [-0.25, -0.2) is 4.98 Å². The van der Waals surface area contributed by atoms with Crippen molar-refractivity contribution < 1.29 is 4.92 Å². The van der Waals surface area contributed by atoms with Crippen LogP contribution in [0.15, 0.2) is 12.1 Å². The lowest BCUT2D eigenvalue weighted by Crippen LogP contribution is -2.38. The molecule has 0 radical (unpaired) electrons. The van der Waals surface area contributed by atoms with Crippen molar-refractivity contribution in [2.75, 3.05) is 30.4 Å². The van der Waals surface area contributed by atoms with Crippen LogP contribution in [-0.2, 0) is 0 Å². The molecule has 6 nitrogen and oxygen atoms in total. The summed E-state index contributed by atoms with van der Waals surface area (Å²) in [5.41, 5.74) is 0.0839. The van der Waals surface area contributed by atoms with Crippen LogP contribution in [0.3, 0.4) is 0 Å². The lowest BCUT2D eigenvalue weighted by atomic mass is 9.89. The molecule has 104 valence electrons.